The van der Waals surface area contributed by atoms with Crippen molar-refractivity contribution in [2.75, 3.05) is 23.7 Å². The summed E-state index contributed by atoms with van der Waals surface area (Å²) in [5.41, 5.74) is 5.79. The van der Waals surface area contributed by atoms with Crippen molar-refractivity contribution >= 4 is 28.7 Å². The van der Waals surface area contributed by atoms with Crippen LogP contribution in [0.1, 0.15) is 26.2 Å². The lowest BCUT2D eigenvalue weighted by Gasteiger charge is -2.08. The molecule has 2 heterocycles. The van der Waals surface area contributed by atoms with Crippen LogP contribution >= 0.6 is 0 Å². The topological polar surface area (TPSA) is 122 Å². The number of hydrogen-bond acceptors (Lipinski definition) is 6. The molecule has 8 nitrogen and oxygen atoms in total. The minimum atomic E-state index is -0.265. The molecule has 0 atom stereocenters. The molecule has 0 bridgehead atoms. The van der Waals surface area contributed by atoms with Gasteiger partial charge in [-0.2, -0.15) is 15.1 Å². The Morgan fingerprint density at radius 1 is 1.35 bits per heavy atom. The lowest BCUT2D eigenvalue weighted by Crippen LogP contribution is -2.11. The van der Waals surface area contributed by atoms with Crippen LogP contribution < -0.4 is 16.4 Å². The average molecular weight is 277 g/mol. The average Bonchev–Trinajstić information content (AvgIpc) is 2.86. The number of amides is 1. The van der Waals surface area contributed by atoms with Crippen molar-refractivity contribution in [2.45, 2.75) is 26.2 Å². The first kappa shape index (κ1) is 14.0. The van der Waals surface area contributed by atoms with E-state index in [1.807, 2.05) is 6.92 Å². The fraction of sp³-hybridized carbons (Fsp3) is 0.500. The van der Waals surface area contributed by atoms with Gasteiger partial charge in [0.15, 0.2) is 5.65 Å². The molecule has 0 aliphatic heterocycles. The number of carbonyl (C=O) groups excluding carboxylic acids is 1. The number of rotatable bonds is 8. The zero-order valence-electron chi connectivity index (χ0n) is 11.4. The number of aromatic nitrogens is 4. The van der Waals surface area contributed by atoms with Gasteiger partial charge in [0.25, 0.3) is 0 Å². The Balaban J connectivity index is 2.00. The lowest BCUT2D eigenvalue weighted by atomic mass is 10.2. The number of nitrogens with zero attached hydrogens (tertiary/aromatic N) is 3. The van der Waals surface area contributed by atoms with Crippen molar-refractivity contribution in [3.63, 3.8) is 0 Å². The molecule has 0 unspecified atom stereocenters. The SMILES string of the molecule is CCNc1nc(NCCCCC(N)=O)c2cn[nH]c2n1. The monoisotopic (exact) mass is 277 g/mol. The second-order valence-electron chi connectivity index (χ2n) is 4.41. The number of H-pyrrole nitrogens is 1. The quantitative estimate of drug-likeness (QED) is 0.531. The first-order chi connectivity index (χ1) is 9.70. The van der Waals surface area contributed by atoms with Crippen LogP contribution in [0.25, 0.3) is 11.0 Å². The molecular weight excluding hydrogens is 258 g/mol. The van der Waals surface area contributed by atoms with Gasteiger partial charge in [-0.1, -0.05) is 0 Å². The molecule has 8 heteroatoms. The van der Waals surface area contributed by atoms with E-state index in [9.17, 15) is 4.79 Å². The standard InChI is InChI=1S/C12H19N7O/c1-2-14-12-17-10(8-7-16-19-11(8)18-12)15-6-4-3-5-9(13)20/h7H,2-6H2,1H3,(H2,13,20)(H3,14,15,16,17,18,19). The Labute approximate surface area is 116 Å². The van der Waals surface area contributed by atoms with Gasteiger partial charge in [-0.15, -0.1) is 0 Å². The van der Waals surface area contributed by atoms with Crippen LogP contribution in [0.3, 0.4) is 0 Å². The van der Waals surface area contributed by atoms with Crippen molar-refractivity contribution in [3.05, 3.63) is 6.20 Å². The highest BCUT2D eigenvalue weighted by Gasteiger charge is 2.08. The summed E-state index contributed by atoms with van der Waals surface area (Å²) in [6, 6.07) is 0. The summed E-state index contributed by atoms with van der Waals surface area (Å²) in [4.78, 5) is 19.4. The molecule has 0 fully saturated rings. The molecule has 0 aliphatic carbocycles. The normalized spacial score (nSPS) is 10.7. The Bertz CT molecular complexity index is 580. The van der Waals surface area contributed by atoms with Crippen LogP contribution in [-0.2, 0) is 4.79 Å². The Kier molecular flexibility index (Phi) is 4.70. The van der Waals surface area contributed by atoms with E-state index in [1.54, 1.807) is 6.20 Å². The summed E-state index contributed by atoms with van der Waals surface area (Å²) < 4.78 is 0. The van der Waals surface area contributed by atoms with Crippen molar-refractivity contribution < 1.29 is 4.79 Å². The second-order valence-corrected chi connectivity index (χ2v) is 4.41. The second kappa shape index (κ2) is 6.69. The molecule has 0 aromatic carbocycles. The molecule has 0 saturated carbocycles. The fourth-order valence-corrected chi connectivity index (χ4v) is 1.84. The molecule has 2 rings (SSSR count). The Hall–Kier alpha value is -2.38. The number of hydrogen-bond donors (Lipinski definition) is 4. The molecule has 5 N–H and O–H groups in total. The zero-order chi connectivity index (χ0) is 14.4. The van der Waals surface area contributed by atoms with E-state index in [4.69, 9.17) is 5.73 Å². The number of nitrogens with two attached hydrogens (primary N) is 1. The first-order valence-corrected chi connectivity index (χ1v) is 6.68. The molecule has 0 spiro atoms. The van der Waals surface area contributed by atoms with E-state index >= 15 is 0 Å². The van der Waals surface area contributed by atoms with E-state index in [-0.39, 0.29) is 5.91 Å². The van der Waals surface area contributed by atoms with Gasteiger partial charge < -0.3 is 16.4 Å². The number of anilines is 2. The maximum atomic E-state index is 10.6. The van der Waals surface area contributed by atoms with Crippen molar-refractivity contribution in [1.82, 2.24) is 20.2 Å². The predicted molar refractivity (Wildman–Crippen MR) is 77.4 cm³/mol. The van der Waals surface area contributed by atoms with Crippen LogP contribution in [0.4, 0.5) is 11.8 Å². The van der Waals surface area contributed by atoms with Crippen LogP contribution in [0.15, 0.2) is 6.20 Å². The van der Waals surface area contributed by atoms with E-state index < -0.39 is 0 Å². The van der Waals surface area contributed by atoms with Gasteiger partial charge in [0.2, 0.25) is 11.9 Å². The highest BCUT2D eigenvalue weighted by atomic mass is 16.1. The van der Waals surface area contributed by atoms with Gasteiger partial charge in [0, 0.05) is 19.5 Å². The summed E-state index contributed by atoms with van der Waals surface area (Å²) in [5.74, 6) is 1.03. The molecular formula is C12H19N7O. The summed E-state index contributed by atoms with van der Waals surface area (Å²) in [7, 11) is 0. The van der Waals surface area contributed by atoms with Crippen LogP contribution in [0.2, 0.25) is 0 Å². The predicted octanol–water partition coefficient (Wildman–Crippen LogP) is 0.852. The van der Waals surface area contributed by atoms with Gasteiger partial charge in [0.05, 0.1) is 11.6 Å². The van der Waals surface area contributed by atoms with E-state index in [0.29, 0.717) is 18.0 Å². The van der Waals surface area contributed by atoms with Gasteiger partial charge in [0.1, 0.15) is 5.82 Å². The van der Waals surface area contributed by atoms with Gasteiger partial charge in [-0.05, 0) is 19.8 Å². The summed E-state index contributed by atoms with van der Waals surface area (Å²) in [6.45, 7) is 3.45. The maximum absolute atomic E-state index is 10.6. The third kappa shape index (κ3) is 3.56. The Morgan fingerprint density at radius 2 is 2.20 bits per heavy atom. The van der Waals surface area contributed by atoms with Crippen LogP contribution in [0.5, 0.6) is 0 Å². The largest absolute Gasteiger partial charge is 0.370 e. The number of primary amides is 1. The van der Waals surface area contributed by atoms with E-state index in [0.717, 1.165) is 37.1 Å². The van der Waals surface area contributed by atoms with E-state index in [2.05, 4.69) is 30.8 Å². The summed E-state index contributed by atoms with van der Waals surface area (Å²) >= 11 is 0. The fourth-order valence-electron chi connectivity index (χ4n) is 1.84. The number of carbonyl (C=O) groups is 1. The smallest absolute Gasteiger partial charge is 0.226 e. The minimum absolute atomic E-state index is 0.265. The van der Waals surface area contributed by atoms with E-state index in [1.165, 1.54) is 0 Å². The summed E-state index contributed by atoms with van der Waals surface area (Å²) in [6.07, 6.45) is 3.72. The number of aromatic amines is 1. The molecule has 2 aromatic rings. The summed E-state index contributed by atoms with van der Waals surface area (Å²) in [5, 5.41) is 14.0. The van der Waals surface area contributed by atoms with Crippen molar-refractivity contribution in [1.29, 1.82) is 0 Å². The zero-order valence-corrected chi connectivity index (χ0v) is 11.4. The van der Waals surface area contributed by atoms with Crippen molar-refractivity contribution in [3.8, 4) is 0 Å². The lowest BCUT2D eigenvalue weighted by molar-refractivity contribution is -0.118. The minimum Gasteiger partial charge on any atom is -0.370 e. The Morgan fingerprint density at radius 3 is 2.95 bits per heavy atom. The number of fused-ring (bicyclic) bond motifs is 1. The molecule has 108 valence electrons. The molecule has 0 saturated heterocycles. The first-order valence-electron chi connectivity index (χ1n) is 6.68. The third-order valence-corrected chi connectivity index (χ3v) is 2.79. The van der Waals surface area contributed by atoms with Gasteiger partial charge in [-0.25, -0.2) is 0 Å². The van der Waals surface area contributed by atoms with Gasteiger partial charge >= 0.3 is 0 Å². The molecule has 0 radical (unpaired) electrons. The molecule has 0 aliphatic rings. The number of unbranched alkanes of at least 4 members (excludes halogenated alkanes) is 1. The van der Waals surface area contributed by atoms with Crippen LogP contribution in [0, 0.1) is 0 Å². The maximum Gasteiger partial charge on any atom is 0.226 e. The van der Waals surface area contributed by atoms with Crippen LogP contribution in [-0.4, -0.2) is 39.2 Å². The third-order valence-electron chi connectivity index (χ3n) is 2.79. The number of nitrogens with one attached hydrogen (secondary N) is 3. The highest BCUT2D eigenvalue weighted by molar-refractivity contribution is 5.86. The molecule has 1 amide bonds. The molecule has 2 aromatic heterocycles. The van der Waals surface area contributed by atoms with Crippen molar-refractivity contribution in [2.24, 2.45) is 5.73 Å². The molecule has 20 heavy (non-hydrogen) atoms. The van der Waals surface area contributed by atoms with Gasteiger partial charge in [-0.3, -0.25) is 9.89 Å². The highest BCUT2D eigenvalue weighted by Crippen LogP contribution is 2.19.